The van der Waals surface area contributed by atoms with E-state index in [4.69, 9.17) is 27.9 Å². The van der Waals surface area contributed by atoms with Gasteiger partial charge >= 0.3 is 0 Å². The molecule has 1 atom stereocenters. The van der Waals surface area contributed by atoms with Crippen LogP contribution in [0, 0.1) is 0 Å². The van der Waals surface area contributed by atoms with Crippen LogP contribution in [0.2, 0.25) is 10.0 Å². The standard InChI is InChI=1S/C32H39Cl2N3O5S/c1-4-5-19-35-32(39)30(22-24-10-7-6-8-11-24)36(23-25-13-18-28(33)29(34)21-25)31(38)12-9-20-37(43(3,40)41)26-14-16-27(42-2)17-15-26/h6-8,10-11,13-18,21,30H,4-5,9,12,19-20,22-23H2,1-3H3,(H,35,39). The lowest BCUT2D eigenvalue weighted by atomic mass is 10.0. The van der Waals surface area contributed by atoms with Gasteiger partial charge in [0.1, 0.15) is 11.8 Å². The molecule has 1 N–H and O–H groups in total. The predicted molar refractivity (Wildman–Crippen MR) is 173 cm³/mol. The van der Waals surface area contributed by atoms with E-state index in [0.29, 0.717) is 34.4 Å². The number of amides is 2. The molecule has 0 spiro atoms. The first-order valence-electron chi connectivity index (χ1n) is 14.2. The molecule has 3 rings (SSSR count). The average molecular weight is 649 g/mol. The molecule has 3 aromatic carbocycles. The van der Waals surface area contributed by atoms with E-state index in [9.17, 15) is 18.0 Å². The molecule has 2 amide bonds. The lowest BCUT2D eigenvalue weighted by Gasteiger charge is -2.32. The molecule has 0 fully saturated rings. The Morgan fingerprint density at radius 2 is 1.63 bits per heavy atom. The number of unbranched alkanes of at least 4 members (excludes halogenated alkanes) is 1. The van der Waals surface area contributed by atoms with Crippen LogP contribution in [-0.4, -0.2) is 57.6 Å². The molecular formula is C32H39Cl2N3O5S. The fourth-order valence-corrected chi connectivity index (χ4v) is 5.93. The van der Waals surface area contributed by atoms with Crippen LogP contribution >= 0.6 is 23.2 Å². The summed E-state index contributed by atoms with van der Waals surface area (Å²) in [5.74, 6) is 0.0783. The van der Waals surface area contributed by atoms with E-state index in [1.54, 1.807) is 47.4 Å². The Hall–Kier alpha value is -3.27. The fraction of sp³-hybridized carbons (Fsp3) is 0.375. The van der Waals surface area contributed by atoms with Gasteiger partial charge in [-0.2, -0.15) is 0 Å². The second-order valence-electron chi connectivity index (χ2n) is 10.3. The summed E-state index contributed by atoms with van der Waals surface area (Å²) in [5.41, 5.74) is 2.10. The lowest BCUT2D eigenvalue weighted by Crippen LogP contribution is -2.50. The van der Waals surface area contributed by atoms with Crippen molar-refractivity contribution in [3.8, 4) is 5.75 Å². The Morgan fingerprint density at radius 1 is 0.930 bits per heavy atom. The van der Waals surface area contributed by atoms with E-state index in [-0.39, 0.29) is 37.7 Å². The van der Waals surface area contributed by atoms with Crippen LogP contribution in [0.25, 0.3) is 0 Å². The van der Waals surface area contributed by atoms with Crippen LogP contribution < -0.4 is 14.4 Å². The summed E-state index contributed by atoms with van der Waals surface area (Å²) in [4.78, 5) is 29.1. The van der Waals surface area contributed by atoms with Crippen molar-refractivity contribution in [2.75, 3.05) is 30.8 Å². The largest absolute Gasteiger partial charge is 0.497 e. The fourth-order valence-electron chi connectivity index (χ4n) is 4.65. The molecule has 1 unspecified atom stereocenters. The van der Waals surface area contributed by atoms with E-state index in [0.717, 1.165) is 30.2 Å². The molecule has 0 heterocycles. The molecule has 0 bridgehead atoms. The first-order chi connectivity index (χ1) is 20.5. The first-order valence-corrected chi connectivity index (χ1v) is 16.8. The summed E-state index contributed by atoms with van der Waals surface area (Å²) in [6.07, 6.45) is 3.44. The van der Waals surface area contributed by atoms with Gasteiger partial charge < -0.3 is 15.0 Å². The Morgan fingerprint density at radius 3 is 2.23 bits per heavy atom. The first kappa shape index (κ1) is 34.2. The van der Waals surface area contributed by atoms with Gasteiger partial charge in [0.25, 0.3) is 0 Å². The van der Waals surface area contributed by atoms with Crippen LogP contribution in [0.3, 0.4) is 0 Å². The minimum absolute atomic E-state index is 0.0248. The summed E-state index contributed by atoms with van der Waals surface area (Å²) in [5, 5.41) is 3.73. The number of carbonyl (C=O) groups excluding carboxylic acids is 2. The Bertz CT molecular complexity index is 1450. The van der Waals surface area contributed by atoms with Gasteiger partial charge in [-0.3, -0.25) is 13.9 Å². The number of anilines is 1. The van der Waals surface area contributed by atoms with Gasteiger partial charge in [0, 0.05) is 32.5 Å². The van der Waals surface area contributed by atoms with Gasteiger partial charge in [0.15, 0.2) is 0 Å². The van der Waals surface area contributed by atoms with E-state index < -0.39 is 16.1 Å². The molecular weight excluding hydrogens is 609 g/mol. The van der Waals surface area contributed by atoms with E-state index >= 15 is 0 Å². The quantitative estimate of drug-likeness (QED) is 0.189. The third kappa shape index (κ3) is 10.4. The van der Waals surface area contributed by atoms with Gasteiger partial charge in [-0.15, -0.1) is 0 Å². The van der Waals surface area contributed by atoms with Crippen molar-refractivity contribution < 1.29 is 22.7 Å². The monoisotopic (exact) mass is 647 g/mol. The highest BCUT2D eigenvalue weighted by Gasteiger charge is 2.30. The number of ether oxygens (including phenoxy) is 1. The van der Waals surface area contributed by atoms with Crippen molar-refractivity contribution in [2.45, 2.75) is 51.6 Å². The molecule has 43 heavy (non-hydrogen) atoms. The average Bonchev–Trinajstić information content (AvgIpc) is 2.99. The van der Waals surface area contributed by atoms with Crippen molar-refractivity contribution >= 4 is 50.7 Å². The topological polar surface area (TPSA) is 96.0 Å². The highest BCUT2D eigenvalue weighted by Crippen LogP contribution is 2.25. The zero-order valence-electron chi connectivity index (χ0n) is 24.8. The number of hydrogen-bond donors (Lipinski definition) is 1. The van der Waals surface area contributed by atoms with Gasteiger partial charge in [0.2, 0.25) is 21.8 Å². The Balaban J connectivity index is 1.88. The number of nitrogens with zero attached hydrogens (tertiary/aromatic N) is 2. The third-order valence-electron chi connectivity index (χ3n) is 6.95. The number of hydrogen-bond acceptors (Lipinski definition) is 5. The summed E-state index contributed by atoms with van der Waals surface area (Å²) >= 11 is 12.4. The van der Waals surface area contributed by atoms with Crippen molar-refractivity contribution in [1.82, 2.24) is 10.2 Å². The molecule has 0 aliphatic rings. The molecule has 232 valence electrons. The van der Waals surface area contributed by atoms with Crippen LogP contribution in [0.1, 0.15) is 43.7 Å². The third-order valence-corrected chi connectivity index (χ3v) is 8.88. The van der Waals surface area contributed by atoms with Gasteiger partial charge in [0.05, 0.1) is 29.1 Å². The number of methoxy groups -OCH3 is 1. The SMILES string of the molecule is CCCCNC(=O)C(Cc1ccccc1)N(Cc1ccc(Cl)c(Cl)c1)C(=O)CCCN(c1ccc(OC)cc1)S(C)(=O)=O. The van der Waals surface area contributed by atoms with E-state index in [2.05, 4.69) is 5.32 Å². The van der Waals surface area contributed by atoms with Crippen LogP contribution in [0.4, 0.5) is 5.69 Å². The molecule has 0 aliphatic heterocycles. The summed E-state index contributed by atoms with van der Waals surface area (Å²) in [6.45, 7) is 2.76. The highest BCUT2D eigenvalue weighted by atomic mass is 35.5. The molecule has 0 aromatic heterocycles. The van der Waals surface area contributed by atoms with Crippen LogP contribution in [0.5, 0.6) is 5.75 Å². The highest BCUT2D eigenvalue weighted by molar-refractivity contribution is 7.92. The van der Waals surface area contributed by atoms with Gasteiger partial charge in [-0.25, -0.2) is 8.42 Å². The normalized spacial score (nSPS) is 11.9. The lowest BCUT2D eigenvalue weighted by molar-refractivity contribution is -0.141. The van der Waals surface area contributed by atoms with Gasteiger partial charge in [-0.1, -0.05) is 72.9 Å². The minimum Gasteiger partial charge on any atom is -0.497 e. The second-order valence-corrected chi connectivity index (χ2v) is 13.0. The van der Waals surface area contributed by atoms with Crippen molar-refractivity contribution in [3.63, 3.8) is 0 Å². The summed E-state index contributed by atoms with van der Waals surface area (Å²) in [7, 11) is -2.08. The number of halogens is 2. The van der Waals surface area contributed by atoms with Crippen LogP contribution in [0.15, 0.2) is 72.8 Å². The van der Waals surface area contributed by atoms with Crippen molar-refractivity contribution in [3.05, 3.63) is 94.0 Å². The Kier molecular flexibility index (Phi) is 13.2. The van der Waals surface area contributed by atoms with E-state index in [1.165, 1.54) is 11.4 Å². The number of nitrogens with one attached hydrogen (secondary N) is 1. The van der Waals surface area contributed by atoms with Crippen LogP contribution in [-0.2, 0) is 32.6 Å². The predicted octanol–water partition coefficient (Wildman–Crippen LogP) is 6.10. The number of sulfonamides is 1. The number of rotatable bonds is 16. The molecule has 0 aliphatic carbocycles. The zero-order valence-corrected chi connectivity index (χ0v) is 27.1. The molecule has 0 radical (unpaired) electrons. The van der Waals surface area contributed by atoms with Crippen molar-refractivity contribution in [2.24, 2.45) is 0 Å². The number of carbonyl (C=O) groups is 2. The van der Waals surface area contributed by atoms with Crippen molar-refractivity contribution in [1.29, 1.82) is 0 Å². The van der Waals surface area contributed by atoms with Gasteiger partial charge in [-0.05, 0) is 60.4 Å². The number of benzene rings is 3. The molecule has 0 saturated heterocycles. The summed E-state index contributed by atoms with van der Waals surface area (Å²) in [6, 6.07) is 20.6. The maximum Gasteiger partial charge on any atom is 0.243 e. The summed E-state index contributed by atoms with van der Waals surface area (Å²) < 4.78 is 31.7. The molecule has 8 nitrogen and oxygen atoms in total. The molecule has 11 heteroatoms. The Labute approximate surface area is 265 Å². The molecule has 0 saturated carbocycles. The maximum atomic E-state index is 13.9. The zero-order chi connectivity index (χ0) is 31.4. The molecule has 3 aromatic rings. The maximum absolute atomic E-state index is 13.9. The second kappa shape index (κ2) is 16.5. The minimum atomic E-state index is -3.62. The van der Waals surface area contributed by atoms with E-state index in [1.807, 2.05) is 37.3 Å². The smallest absolute Gasteiger partial charge is 0.243 e.